The Kier molecular flexibility index (Phi) is 4.44. The Morgan fingerprint density at radius 3 is 2.65 bits per heavy atom. The van der Waals surface area contributed by atoms with E-state index >= 15 is 0 Å². The number of rotatable bonds is 3. The van der Waals surface area contributed by atoms with E-state index in [1.807, 2.05) is 25.1 Å². The normalized spacial score (nSPS) is 24.3. The molecule has 1 N–H and O–H groups in total. The average molecular weight is 357 g/mol. The van der Waals surface area contributed by atoms with Gasteiger partial charge in [0.05, 0.1) is 12.0 Å². The summed E-state index contributed by atoms with van der Waals surface area (Å²) < 4.78 is 11.4. The van der Waals surface area contributed by atoms with E-state index in [1.54, 1.807) is 11.0 Å². The summed E-state index contributed by atoms with van der Waals surface area (Å²) >= 11 is 0. The lowest BCUT2D eigenvalue weighted by Crippen LogP contribution is -2.43. The number of carbonyl (C=O) groups excluding carboxylic acids is 1. The molecule has 1 unspecified atom stereocenters. The molecule has 0 radical (unpaired) electrons. The summed E-state index contributed by atoms with van der Waals surface area (Å²) in [5, 5.41) is 10.3. The molecule has 0 saturated carbocycles. The molecule has 6 nitrogen and oxygen atoms in total. The van der Waals surface area contributed by atoms with E-state index in [9.17, 15) is 14.7 Å². The van der Waals surface area contributed by atoms with E-state index in [2.05, 4.69) is 0 Å². The average Bonchev–Trinajstić information content (AvgIpc) is 3.28. The largest absolute Gasteiger partial charge is 0.481 e. The summed E-state index contributed by atoms with van der Waals surface area (Å²) in [5.74, 6) is -0.727. The maximum Gasteiger partial charge on any atom is 0.309 e. The first-order valence-corrected chi connectivity index (χ1v) is 9.17. The molecule has 26 heavy (non-hydrogen) atoms. The first-order chi connectivity index (χ1) is 12.5. The van der Waals surface area contributed by atoms with Crippen molar-refractivity contribution in [1.82, 2.24) is 4.90 Å². The maximum atomic E-state index is 12.8. The SMILES string of the molecule is Cc1ccc2oc(C(=O)N3CCC([C@@H]4OCCC4C(=O)O)CC3)cc2c1. The van der Waals surface area contributed by atoms with Crippen molar-refractivity contribution in [2.75, 3.05) is 19.7 Å². The molecule has 2 atom stereocenters. The molecule has 4 rings (SSSR count). The molecule has 1 aromatic carbocycles. The van der Waals surface area contributed by atoms with E-state index < -0.39 is 11.9 Å². The fourth-order valence-electron chi connectivity index (χ4n) is 4.20. The van der Waals surface area contributed by atoms with Gasteiger partial charge in [-0.15, -0.1) is 0 Å². The second-order valence-electron chi connectivity index (χ2n) is 7.35. The van der Waals surface area contributed by atoms with Gasteiger partial charge in [-0.3, -0.25) is 9.59 Å². The fraction of sp³-hybridized carbons (Fsp3) is 0.500. The lowest BCUT2D eigenvalue weighted by molar-refractivity contribution is -0.145. The lowest BCUT2D eigenvalue weighted by atomic mass is 9.84. The molecule has 0 spiro atoms. The van der Waals surface area contributed by atoms with Crippen LogP contribution in [0.25, 0.3) is 11.0 Å². The van der Waals surface area contributed by atoms with Crippen molar-refractivity contribution in [2.45, 2.75) is 32.3 Å². The van der Waals surface area contributed by atoms with E-state index in [1.165, 1.54) is 0 Å². The zero-order chi connectivity index (χ0) is 18.3. The van der Waals surface area contributed by atoms with Gasteiger partial charge in [0.25, 0.3) is 5.91 Å². The Bertz CT molecular complexity index is 834. The first kappa shape index (κ1) is 17.1. The Hall–Kier alpha value is -2.34. The van der Waals surface area contributed by atoms with Crippen LogP contribution in [0.3, 0.4) is 0 Å². The summed E-state index contributed by atoms with van der Waals surface area (Å²) in [4.78, 5) is 25.9. The molecule has 2 aromatic rings. The van der Waals surface area contributed by atoms with Gasteiger partial charge in [-0.25, -0.2) is 0 Å². The molecular weight excluding hydrogens is 334 g/mol. The highest BCUT2D eigenvalue weighted by Crippen LogP contribution is 2.34. The van der Waals surface area contributed by atoms with Crippen LogP contribution >= 0.6 is 0 Å². The number of hydrogen-bond acceptors (Lipinski definition) is 4. The van der Waals surface area contributed by atoms with E-state index in [-0.39, 0.29) is 17.9 Å². The van der Waals surface area contributed by atoms with Crippen LogP contribution in [0.15, 0.2) is 28.7 Å². The van der Waals surface area contributed by atoms with Crippen molar-refractivity contribution in [3.8, 4) is 0 Å². The number of carboxylic acid groups (broad SMARTS) is 1. The van der Waals surface area contributed by atoms with E-state index in [4.69, 9.17) is 9.15 Å². The van der Waals surface area contributed by atoms with E-state index in [0.717, 1.165) is 29.4 Å². The first-order valence-electron chi connectivity index (χ1n) is 9.17. The summed E-state index contributed by atoms with van der Waals surface area (Å²) in [6.45, 7) is 3.73. The predicted octanol–water partition coefficient (Wildman–Crippen LogP) is 3.08. The molecule has 3 heterocycles. The van der Waals surface area contributed by atoms with Crippen LogP contribution < -0.4 is 0 Å². The second kappa shape index (κ2) is 6.76. The predicted molar refractivity (Wildman–Crippen MR) is 95.1 cm³/mol. The van der Waals surface area contributed by atoms with Gasteiger partial charge in [0, 0.05) is 25.1 Å². The van der Waals surface area contributed by atoms with Crippen LogP contribution in [0, 0.1) is 18.8 Å². The number of amides is 1. The van der Waals surface area contributed by atoms with Gasteiger partial charge >= 0.3 is 5.97 Å². The van der Waals surface area contributed by atoms with Crippen molar-refractivity contribution in [3.63, 3.8) is 0 Å². The quantitative estimate of drug-likeness (QED) is 0.913. The third-order valence-electron chi connectivity index (χ3n) is 5.63. The minimum atomic E-state index is -0.774. The number of likely N-dealkylation sites (tertiary alicyclic amines) is 1. The molecule has 2 aliphatic rings. The molecule has 0 aliphatic carbocycles. The summed E-state index contributed by atoms with van der Waals surface area (Å²) in [5.41, 5.74) is 1.85. The molecule has 138 valence electrons. The summed E-state index contributed by atoms with van der Waals surface area (Å²) in [6, 6.07) is 7.66. The minimum absolute atomic E-state index is 0.0978. The number of piperidine rings is 1. The van der Waals surface area contributed by atoms with Crippen LogP contribution in [0.1, 0.15) is 35.4 Å². The van der Waals surface area contributed by atoms with Crippen LogP contribution in [0.5, 0.6) is 0 Å². The highest BCUT2D eigenvalue weighted by atomic mass is 16.5. The highest BCUT2D eigenvalue weighted by Gasteiger charge is 2.41. The number of furan rings is 1. The Labute approximate surface area is 151 Å². The Balaban J connectivity index is 1.42. The highest BCUT2D eigenvalue weighted by molar-refractivity contribution is 5.96. The Morgan fingerprint density at radius 1 is 1.15 bits per heavy atom. The number of carboxylic acids is 1. The number of fused-ring (bicyclic) bond motifs is 1. The van der Waals surface area contributed by atoms with Crippen molar-refractivity contribution in [2.24, 2.45) is 11.8 Å². The number of hydrogen-bond donors (Lipinski definition) is 1. The number of nitrogens with zero attached hydrogens (tertiary/aromatic N) is 1. The molecule has 2 saturated heterocycles. The smallest absolute Gasteiger partial charge is 0.309 e. The van der Waals surface area contributed by atoms with Gasteiger partial charge in [-0.2, -0.15) is 0 Å². The van der Waals surface area contributed by atoms with Crippen molar-refractivity contribution in [3.05, 3.63) is 35.6 Å². The van der Waals surface area contributed by atoms with Crippen molar-refractivity contribution < 1.29 is 23.8 Å². The minimum Gasteiger partial charge on any atom is -0.481 e. The number of aryl methyl sites for hydroxylation is 1. The monoisotopic (exact) mass is 357 g/mol. The van der Waals surface area contributed by atoms with Crippen LogP contribution in [0.4, 0.5) is 0 Å². The summed E-state index contributed by atoms with van der Waals surface area (Å²) in [6.07, 6.45) is 1.88. The van der Waals surface area contributed by atoms with Crippen LogP contribution in [-0.2, 0) is 9.53 Å². The molecule has 0 bridgehead atoms. The molecule has 1 aromatic heterocycles. The van der Waals surface area contributed by atoms with Crippen molar-refractivity contribution in [1.29, 1.82) is 0 Å². The molecule has 2 fully saturated rings. The zero-order valence-corrected chi connectivity index (χ0v) is 14.8. The molecule has 1 amide bonds. The van der Waals surface area contributed by atoms with Crippen LogP contribution in [-0.4, -0.2) is 47.7 Å². The fourth-order valence-corrected chi connectivity index (χ4v) is 4.20. The zero-order valence-electron chi connectivity index (χ0n) is 14.8. The summed E-state index contributed by atoms with van der Waals surface area (Å²) in [7, 11) is 0. The number of aliphatic carboxylic acids is 1. The number of benzene rings is 1. The molecule has 2 aliphatic heterocycles. The maximum absolute atomic E-state index is 12.8. The van der Waals surface area contributed by atoms with Gasteiger partial charge in [0.1, 0.15) is 5.58 Å². The third kappa shape index (κ3) is 3.09. The third-order valence-corrected chi connectivity index (χ3v) is 5.63. The lowest BCUT2D eigenvalue weighted by Gasteiger charge is -2.35. The number of ether oxygens (including phenoxy) is 1. The second-order valence-corrected chi connectivity index (χ2v) is 7.35. The Morgan fingerprint density at radius 2 is 1.92 bits per heavy atom. The van der Waals surface area contributed by atoms with Gasteiger partial charge in [0.15, 0.2) is 5.76 Å². The van der Waals surface area contributed by atoms with Crippen molar-refractivity contribution >= 4 is 22.8 Å². The van der Waals surface area contributed by atoms with E-state index in [0.29, 0.717) is 31.9 Å². The van der Waals surface area contributed by atoms with Gasteiger partial charge in [-0.05, 0) is 50.3 Å². The molecular formula is C20H23NO5. The van der Waals surface area contributed by atoms with Gasteiger partial charge in [0.2, 0.25) is 0 Å². The topological polar surface area (TPSA) is 80.0 Å². The van der Waals surface area contributed by atoms with Crippen LogP contribution in [0.2, 0.25) is 0 Å². The van der Waals surface area contributed by atoms with Gasteiger partial charge in [-0.1, -0.05) is 11.6 Å². The standard InChI is InChI=1S/C20H23NO5/c1-12-2-3-16-14(10-12)11-17(26-16)19(22)21-7-4-13(5-8-21)18-15(20(23)24)6-9-25-18/h2-3,10-11,13,15,18H,4-9H2,1H3,(H,23,24)/t15?,18-/m0/s1. The molecule has 6 heteroatoms. The van der Waals surface area contributed by atoms with Gasteiger partial charge < -0.3 is 19.2 Å². The number of carbonyl (C=O) groups is 2.